The molecule has 2 amide bonds. The molecular weight excluding hydrogens is 378 g/mol. The average molecular weight is 399 g/mol. The second-order valence-electron chi connectivity index (χ2n) is 5.90. The Hall–Kier alpha value is -3.00. The van der Waals surface area contributed by atoms with Crippen LogP contribution in [0.4, 0.5) is 11.4 Å². The molecule has 1 heterocycles. The minimum atomic E-state index is -0.571. The van der Waals surface area contributed by atoms with E-state index >= 15 is 0 Å². The third kappa shape index (κ3) is 3.96. The molecule has 146 valence electrons. The number of thioether (sulfide) groups is 1. The van der Waals surface area contributed by atoms with Crippen LogP contribution in [0.15, 0.2) is 53.5 Å². The number of hydrogen-bond donors (Lipinski definition) is 1. The quantitative estimate of drug-likeness (QED) is 0.473. The number of rotatable bonds is 5. The Kier molecular flexibility index (Phi) is 6.20. The summed E-state index contributed by atoms with van der Waals surface area (Å²) in [5.74, 6) is 0.585. The normalized spacial score (nSPS) is 17.0. The first-order chi connectivity index (χ1) is 13.6. The first kappa shape index (κ1) is 19.8. The highest BCUT2D eigenvalue weighted by Crippen LogP contribution is 2.36. The number of carbonyl (C=O) groups excluding carboxylic acids is 2. The number of anilines is 2. The van der Waals surface area contributed by atoms with Gasteiger partial charge in [-0.2, -0.15) is 0 Å². The average Bonchev–Trinajstić information content (AvgIpc) is 3.00. The molecule has 0 radical (unpaired) electrons. The standard InChI is InChI=1S/C20H21N3O4S/c1-21-20(22-13-8-4-6-10-15(13)26-2)28-17-12-18(24)23(19(17)25)14-9-5-7-11-16(14)27-3/h4-11,17H,12H2,1-3H3,(H,21,22). The lowest BCUT2D eigenvalue weighted by atomic mass is 10.2. The van der Waals surface area contributed by atoms with E-state index in [1.165, 1.54) is 23.8 Å². The summed E-state index contributed by atoms with van der Waals surface area (Å²) in [7, 11) is 4.72. The molecule has 2 aromatic rings. The van der Waals surface area contributed by atoms with Crippen LogP contribution >= 0.6 is 11.8 Å². The lowest BCUT2D eigenvalue weighted by molar-refractivity contribution is -0.121. The topological polar surface area (TPSA) is 80.2 Å². The summed E-state index contributed by atoms with van der Waals surface area (Å²) in [6, 6.07) is 14.4. The van der Waals surface area contributed by atoms with Gasteiger partial charge < -0.3 is 14.8 Å². The summed E-state index contributed by atoms with van der Waals surface area (Å²) in [6.07, 6.45) is 0.0914. The second kappa shape index (κ2) is 8.79. The van der Waals surface area contributed by atoms with Gasteiger partial charge in [-0.05, 0) is 24.3 Å². The van der Waals surface area contributed by atoms with E-state index in [1.54, 1.807) is 38.4 Å². The van der Waals surface area contributed by atoms with Crippen molar-refractivity contribution in [2.45, 2.75) is 11.7 Å². The van der Waals surface area contributed by atoms with Gasteiger partial charge in [-0.15, -0.1) is 0 Å². The molecule has 0 bridgehead atoms. The maximum Gasteiger partial charge on any atom is 0.248 e. The Bertz CT molecular complexity index is 916. The molecule has 28 heavy (non-hydrogen) atoms. The number of amidine groups is 1. The number of nitrogens with zero attached hydrogens (tertiary/aromatic N) is 2. The van der Waals surface area contributed by atoms with E-state index in [9.17, 15) is 9.59 Å². The van der Waals surface area contributed by atoms with Gasteiger partial charge in [0.15, 0.2) is 5.17 Å². The van der Waals surface area contributed by atoms with Gasteiger partial charge in [-0.1, -0.05) is 36.0 Å². The second-order valence-corrected chi connectivity index (χ2v) is 7.10. The van der Waals surface area contributed by atoms with Gasteiger partial charge in [0, 0.05) is 13.5 Å². The molecule has 1 aliphatic heterocycles. The van der Waals surface area contributed by atoms with Gasteiger partial charge >= 0.3 is 0 Å². The summed E-state index contributed by atoms with van der Waals surface area (Å²) in [5, 5.41) is 3.12. The van der Waals surface area contributed by atoms with Crippen LogP contribution in [-0.4, -0.2) is 43.5 Å². The number of imide groups is 1. The minimum absolute atomic E-state index is 0.0914. The number of amides is 2. The molecule has 0 spiro atoms. The maximum atomic E-state index is 12.9. The van der Waals surface area contributed by atoms with Gasteiger partial charge in [-0.25, -0.2) is 4.90 Å². The Labute approximate surface area is 167 Å². The van der Waals surface area contributed by atoms with Gasteiger partial charge in [0.05, 0.1) is 25.6 Å². The molecule has 3 rings (SSSR count). The van der Waals surface area contributed by atoms with Crippen LogP contribution in [0.2, 0.25) is 0 Å². The van der Waals surface area contributed by atoms with Gasteiger partial charge in [0.2, 0.25) is 11.8 Å². The molecule has 2 aromatic carbocycles. The first-order valence-electron chi connectivity index (χ1n) is 8.62. The molecule has 0 aromatic heterocycles. The molecule has 1 atom stereocenters. The zero-order chi connectivity index (χ0) is 20.1. The molecule has 1 unspecified atom stereocenters. The Balaban J connectivity index is 1.77. The van der Waals surface area contributed by atoms with Gasteiger partial charge in [0.1, 0.15) is 16.7 Å². The summed E-state index contributed by atoms with van der Waals surface area (Å²) in [4.78, 5) is 30.9. The van der Waals surface area contributed by atoms with E-state index < -0.39 is 5.25 Å². The van der Waals surface area contributed by atoms with Crippen molar-refractivity contribution in [1.82, 2.24) is 0 Å². The molecular formula is C20H21N3O4S. The Morgan fingerprint density at radius 2 is 1.71 bits per heavy atom. The fourth-order valence-electron chi connectivity index (χ4n) is 2.90. The van der Waals surface area contributed by atoms with E-state index in [-0.39, 0.29) is 18.2 Å². The minimum Gasteiger partial charge on any atom is -0.495 e. The molecule has 7 nitrogen and oxygen atoms in total. The lowest BCUT2D eigenvalue weighted by Crippen LogP contribution is -2.32. The number of benzene rings is 2. The fourth-order valence-corrected chi connectivity index (χ4v) is 3.88. The van der Waals surface area contributed by atoms with Crippen molar-refractivity contribution in [2.75, 3.05) is 31.5 Å². The van der Waals surface area contributed by atoms with Crippen LogP contribution in [0, 0.1) is 0 Å². The number of hydrogen-bond acceptors (Lipinski definition) is 6. The molecule has 1 N–H and O–H groups in total. The van der Waals surface area contributed by atoms with Crippen molar-refractivity contribution in [3.05, 3.63) is 48.5 Å². The molecule has 8 heteroatoms. The summed E-state index contributed by atoms with van der Waals surface area (Å²) < 4.78 is 10.6. The van der Waals surface area contributed by atoms with Gasteiger partial charge in [0.25, 0.3) is 0 Å². The van der Waals surface area contributed by atoms with Crippen LogP contribution in [0.1, 0.15) is 6.42 Å². The van der Waals surface area contributed by atoms with E-state index in [0.717, 1.165) is 5.69 Å². The van der Waals surface area contributed by atoms with Crippen LogP contribution in [0.5, 0.6) is 11.5 Å². The van der Waals surface area contributed by atoms with Crippen LogP contribution < -0.4 is 19.7 Å². The third-order valence-corrected chi connectivity index (χ3v) is 5.40. The number of para-hydroxylation sites is 4. The number of nitrogens with one attached hydrogen (secondary N) is 1. The van der Waals surface area contributed by atoms with Crippen LogP contribution in [-0.2, 0) is 9.59 Å². The fraction of sp³-hybridized carbons (Fsp3) is 0.250. The highest BCUT2D eigenvalue weighted by atomic mass is 32.2. The third-order valence-electron chi connectivity index (χ3n) is 4.24. The van der Waals surface area contributed by atoms with Crippen molar-refractivity contribution in [2.24, 2.45) is 4.99 Å². The molecule has 0 saturated carbocycles. The van der Waals surface area contributed by atoms with Crippen LogP contribution in [0.25, 0.3) is 0 Å². The SMILES string of the molecule is CN=C(Nc1ccccc1OC)SC1CC(=O)N(c2ccccc2OC)C1=O. The highest BCUT2D eigenvalue weighted by molar-refractivity contribution is 8.15. The number of aliphatic imine (C=N–C) groups is 1. The monoisotopic (exact) mass is 399 g/mol. The molecule has 1 fully saturated rings. The van der Waals surface area contributed by atoms with E-state index in [1.807, 2.05) is 24.3 Å². The lowest BCUT2D eigenvalue weighted by Gasteiger charge is -2.18. The van der Waals surface area contributed by atoms with Gasteiger partial charge in [-0.3, -0.25) is 14.6 Å². The molecule has 1 saturated heterocycles. The number of ether oxygens (including phenoxy) is 2. The predicted molar refractivity (Wildman–Crippen MR) is 111 cm³/mol. The Morgan fingerprint density at radius 3 is 2.39 bits per heavy atom. The van der Waals surface area contributed by atoms with Crippen LogP contribution in [0.3, 0.4) is 0 Å². The van der Waals surface area contributed by atoms with Crippen molar-refractivity contribution < 1.29 is 19.1 Å². The van der Waals surface area contributed by atoms with Crippen molar-refractivity contribution in [3.8, 4) is 11.5 Å². The number of methoxy groups -OCH3 is 2. The van der Waals surface area contributed by atoms with Crippen molar-refractivity contribution >= 4 is 40.1 Å². The van der Waals surface area contributed by atoms with E-state index in [4.69, 9.17) is 9.47 Å². The van der Waals surface area contributed by atoms with E-state index in [0.29, 0.717) is 22.4 Å². The molecule has 0 aliphatic carbocycles. The summed E-state index contributed by atoms with van der Waals surface area (Å²) in [6.45, 7) is 0. The van der Waals surface area contributed by atoms with Crippen molar-refractivity contribution in [1.29, 1.82) is 0 Å². The zero-order valence-corrected chi connectivity index (χ0v) is 16.7. The number of carbonyl (C=O) groups is 2. The Morgan fingerprint density at radius 1 is 1.07 bits per heavy atom. The highest BCUT2D eigenvalue weighted by Gasteiger charge is 2.41. The zero-order valence-electron chi connectivity index (χ0n) is 15.8. The van der Waals surface area contributed by atoms with E-state index in [2.05, 4.69) is 10.3 Å². The summed E-state index contributed by atoms with van der Waals surface area (Å²) in [5.41, 5.74) is 1.19. The summed E-state index contributed by atoms with van der Waals surface area (Å²) >= 11 is 1.22. The maximum absolute atomic E-state index is 12.9. The predicted octanol–water partition coefficient (Wildman–Crippen LogP) is 3.17. The molecule has 1 aliphatic rings. The smallest absolute Gasteiger partial charge is 0.248 e. The van der Waals surface area contributed by atoms with Crippen molar-refractivity contribution in [3.63, 3.8) is 0 Å². The largest absolute Gasteiger partial charge is 0.495 e. The first-order valence-corrected chi connectivity index (χ1v) is 9.50.